The van der Waals surface area contributed by atoms with Crippen LogP contribution in [0.3, 0.4) is 0 Å². The van der Waals surface area contributed by atoms with E-state index in [0.29, 0.717) is 29.4 Å². The van der Waals surface area contributed by atoms with Crippen LogP contribution in [0.1, 0.15) is 29.6 Å². The lowest BCUT2D eigenvalue weighted by molar-refractivity contribution is -0.134. The summed E-state index contributed by atoms with van der Waals surface area (Å²) in [5.74, 6) is 0.815. The Morgan fingerprint density at radius 1 is 1.04 bits per heavy atom. The quantitative estimate of drug-likeness (QED) is 0.389. The second-order valence-corrected chi connectivity index (χ2v) is 5.43. The van der Waals surface area contributed by atoms with Gasteiger partial charge in [0.1, 0.15) is 5.75 Å². The first kappa shape index (κ1) is 16.6. The second-order valence-electron chi connectivity index (χ2n) is 5.43. The molecule has 3 aromatic rings. The maximum absolute atomic E-state index is 11.9. The first-order chi connectivity index (χ1) is 12.1. The summed E-state index contributed by atoms with van der Waals surface area (Å²) in [6.45, 7) is 1.48. The van der Waals surface area contributed by atoms with Crippen LogP contribution in [0, 0.1) is 0 Å². The van der Waals surface area contributed by atoms with Crippen LogP contribution in [0.4, 0.5) is 0 Å². The van der Waals surface area contributed by atoms with Gasteiger partial charge in [0.05, 0.1) is 6.42 Å². The molecule has 25 heavy (non-hydrogen) atoms. The molecular weight excluding hydrogens is 320 g/mol. The number of aromatic nitrogens is 2. The van der Waals surface area contributed by atoms with Crippen molar-refractivity contribution in [1.82, 2.24) is 10.1 Å². The topological polar surface area (TPSA) is 82.3 Å². The monoisotopic (exact) mass is 336 g/mol. The minimum Gasteiger partial charge on any atom is -0.427 e. The van der Waals surface area contributed by atoms with Gasteiger partial charge >= 0.3 is 5.97 Å². The summed E-state index contributed by atoms with van der Waals surface area (Å²) < 4.78 is 10.4. The highest BCUT2D eigenvalue weighted by Gasteiger charge is 2.12. The highest BCUT2D eigenvalue weighted by Crippen LogP contribution is 2.16. The van der Waals surface area contributed by atoms with Crippen LogP contribution in [-0.4, -0.2) is 21.9 Å². The Morgan fingerprint density at radius 3 is 2.44 bits per heavy atom. The number of Topliss-reactive ketones (excluding diaryl/α,β-unsaturated/α-hetero) is 1. The molecule has 0 N–H and O–H groups in total. The Kier molecular flexibility index (Phi) is 4.99. The molecule has 0 bridgehead atoms. The summed E-state index contributed by atoms with van der Waals surface area (Å²) in [5.41, 5.74) is 1.42. The highest BCUT2D eigenvalue weighted by molar-refractivity contribution is 5.94. The van der Waals surface area contributed by atoms with Gasteiger partial charge in [0, 0.05) is 17.5 Å². The van der Waals surface area contributed by atoms with Gasteiger partial charge in [0.2, 0.25) is 11.7 Å². The molecule has 0 saturated heterocycles. The van der Waals surface area contributed by atoms with Crippen molar-refractivity contribution in [2.45, 2.75) is 19.8 Å². The number of aryl methyl sites for hydroxylation is 1. The molecule has 0 unspecified atom stereocenters. The Labute approximate surface area is 144 Å². The summed E-state index contributed by atoms with van der Waals surface area (Å²) in [5, 5.41) is 3.90. The Bertz CT molecular complexity index is 870. The number of ketones is 1. The average molecular weight is 336 g/mol. The highest BCUT2D eigenvalue weighted by atomic mass is 16.5. The number of esters is 1. The lowest BCUT2D eigenvalue weighted by Gasteiger charge is -2.03. The molecule has 0 fully saturated rings. The fraction of sp³-hybridized carbons (Fsp3) is 0.158. The molecule has 6 heteroatoms. The lowest BCUT2D eigenvalue weighted by Crippen LogP contribution is -2.09. The Hall–Kier alpha value is -3.28. The Morgan fingerprint density at radius 2 is 1.76 bits per heavy atom. The van der Waals surface area contributed by atoms with E-state index in [1.54, 1.807) is 24.3 Å². The van der Waals surface area contributed by atoms with Crippen molar-refractivity contribution < 1.29 is 18.8 Å². The summed E-state index contributed by atoms with van der Waals surface area (Å²) in [4.78, 5) is 27.4. The summed E-state index contributed by atoms with van der Waals surface area (Å²) >= 11 is 0. The largest absolute Gasteiger partial charge is 0.427 e. The molecule has 3 rings (SSSR count). The summed E-state index contributed by atoms with van der Waals surface area (Å²) in [6.07, 6.45) is 0.412. The van der Waals surface area contributed by atoms with Crippen LogP contribution in [0.25, 0.3) is 11.4 Å². The van der Waals surface area contributed by atoms with Crippen LogP contribution in [-0.2, 0) is 11.2 Å². The molecule has 0 spiro atoms. The average Bonchev–Trinajstić information content (AvgIpc) is 3.10. The minimum absolute atomic E-state index is 0.0384. The molecular formula is C19H16N2O4. The van der Waals surface area contributed by atoms with Crippen LogP contribution in [0.5, 0.6) is 5.75 Å². The molecule has 0 radical (unpaired) electrons. The lowest BCUT2D eigenvalue weighted by atomic mass is 10.1. The van der Waals surface area contributed by atoms with Crippen molar-refractivity contribution in [1.29, 1.82) is 0 Å². The van der Waals surface area contributed by atoms with Crippen molar-refractivity contribution >= 4 is 11.8 Å². The van der Waals surface area contributed by atoms with Crippen molar-refractivity contribution in [2.24, 2.45) is 0 Å². The third-order valence-electron chi connectivity index (χ3n) is 3.54. The third-order valence-corrected chi connectivity index (χ3v) is 3.54. The SMILES string of the molecule is CC(=O)c1ccc(OC(=O)CCc2nc(-c3ccccc3)no2)cc1. The maximum atomic E-state index is 11.9. The molecule has 1 aromatic heterocycles. The predicted octanol–water partition coefficient (Wildman–Crippen LogP) is 3.48. The zero-order chi connectivity index (χ0) is 17.6. The van der Waals surface area contributed by atoms with E-state index in [4.69, 9.17) is 9.26 Å². The minimum atomic E-state index is -0.407. The number of ether oxygens (including phenoxy) is 1. The zero-order valence-electron chi connectivity index (χ0n) is 13.6. The van der Waals surface area contributed by atoms with Crippen LogP contribution < -0.4 is 4.74 Å². The Balaban J connectivity index is 1.54. The van der Waals surface area contributed by atoms with Gasteiger partial charge in [-0.25, -0.2) is 0 Å². The molecule has 2 aromatic carbocycles. The predicted molar refractivity (Wildman–Crippen MR) is 90.1 cm³/mol. The van der Waals surface area contributed by atoms with E-state index in [9.17, 15) is 9.59 Å². The molecule has 6 nitrogen and oxygen atoms in total. The van der Waals surface area contributed by atoms with E-state index >= 15 is 0 Å². The van der Waals surface area contributed by atoms with Crippen molar-refractivity contribution in [3.05, 3.63) is 66.1 Å². The maximum Gasteiger partial charge on any atom is 0.311 e. The van der Waals surface area contributed by atoms with Gasteiger partial charge < -0.3 is 9.26 Å². The second kappa shape index (κ2) is 7.53. The van der Waals surface area contributed by atoms with E-state index in [1.165, 1.54) is 6.92 Å². The number of hydrogen-bond acceptors (Lipinski definition) is 6. The van der Waals surface area contributed by atoms with E-state index in [-0.39, 0.29) is 12.2 Å². The third kappa shape index (κ3) is 4.38. The first-order valence-corrected chi connectivity index (χ1v) is 7.81. The fourth-order valence-corrected chi connectivity index (χ4v) is 2.21. The van der Waals surface area contributed by atoms with Crippen LogP contribution >= 0.6 is 0 Å². The van der Waals surface area contributed by atoms with Gasteiger partial charge in [-0.1, -0.05) is 35.5 Å². The van der Waals surface area contributed by atoms with Gasteiger partial charge in [0.15, 0.2) is 5.78 Å². The molecule has 0 aliphatic carbocycles. The van der Waals surface area contributed by atoms with E-state index in [0.717, 1.165) is 5.56 Å². The van der Waals surface area contributed by atoms with Crippen LogP contribution in [0.15, 0.2) is 59.1 Å². The van der Waals surface area contributed by atoms with E-state index in [2.05, 4.69) is 10.1 Å². The van der Waals surface area contributed by atoms with Crippen LogP contribution in [0.2, 0.25) is 0 Å². The molecule has 0 aliphatic rings. The van der Waals surface area contributed by atoms with Gasteiger partial charge in [-0.2, -0.15) is 4.98 Å². The smallest absolute Gasteiger partial charge is 0.311 e. The number of benzene rings is 2. The number of rotatable bonds is 6. The van der Waals surface area contributed by atoms with Crippen molar-refractivity contribution in [3.63, 3.8) is 0 Å². The van der Waals surface area contributed by atoms with E-state index < -0.39 is 5.97 Å². The number of hydrogen-bond donors (Lipinski definition) is 0. The van der Waals surface area contributed by atoms with Crippen molar-refractivity contribution in [2.75, 3.05) is 0 Å². The standard InChI is InChI=1S/C19H16N2O4/c1-13(22)14-7-9-16(10-8-14)24-18(23)12-11-17-20-19(21-25-17)15-5-3-2-4-6-15/h2-10H,11-12H2,1H3. The van der Waals surface area contributed by atoms with E-state index in [1.807, 2.05) is 30.3 Å². The number of carbonyl (C=O) groups excluding carboxylic acids is 2. The number of carbonyl (C=O) groups is 2. The molecule has 0 amide bonds. The van der Waals surface area contributed by atoms with Gasteiger partial charge in [-0.3, -0.25) is 9.59 Å². The summed E-state index contributed by atoms with van der Waals surface area (Å²) in [6, 6.07) is 15.9. The fourth-order valence-electron chi connectivity index (χ4n) is 2.21. The zero-order valence-corrected chi connectivity index (χ0v) is 13.6. The molecule has 0 saturated carbocycles. The van der Waals surface area contributed by atoms with Gasteiger partial charge in [-0.05, 0) is 31.2 Å². The number of nitrogens with zero attached hydrogens (tertiary/aromatic N) is 2. The molecule has 0 aliphatic heterocycles. The first-order valence-electron chi connectivity index (χ1n) is 7.81. The van der Waals surface area contributed by atoms with Gasteiger partial charge in [0.25, 0.3) is 0 Å². The van der Waals surface area contributed by atoms with Gasteiger partial charge in [-0.15, -0.1) is 0 Å². The van der Waals surface area contributed by atoms with Crippen molar-refractivity contribution in [3.8, 4) is 17.1 Å². The molecule has 0 atom stereocenters. The normalized spacial score (nSPS) is 10.4. The molecule has 1 heterocycles. The summed E-state index contributed by atoms with van der Waals surface area (Å²) in [7, 11) is 0. The molecule has 126 valence electrons.